The van der Waals surface area contributed by atoms with Crippen LogP contribution in [0.1, 0.15) is 22.3 Å². The van der Waals surface area contributed by atoms with Gasteiger partial charge in [0, 0.05) is 27.8 Å². The number of rotatable bonds is 5. The van der Waals surface area contributed by atoms with Crippen molar-refractivity contribution < 1.29 is 4.74 Å². The van der Waals surface area contributed by atoms with Gasteiger partial charge >= 0.3 is 0 Å². The van der Waals surface area contributed by atoms with E-state index >= 15 is 0 Å². The summed E-state index contributed by atoms with van der Waals surface area (Å²) in [5.74, 6) is 3.54. The molecular weight excluding hydrogens is 731 g/mol. The monoisotopic (exact) mass is 765 g/mol. The zero-order chi connectivity index (χ0) is 39.6. The quantitative estimate of drug-likeness (QED) is 0.175. The number of para-hydroxylation sites is 1. The number of ether oxygens (including phenoxy) is 1. The van der Waals surface area contributed by atoms with E-state index in [4.69, 9.17) is 19.7 Å². The number of benzene rings is 9. The van der Waals surface area contributed by atoms with Crippen molar-refractivity contribution in [3.05, 3.63) is 235 Å². The molecule has 0 saturated heterocycles. The third-order valence-electron chi connectivity index (χ3n) is 12.2. The average Bonchev–Trinajstić information content (AvgIpc) is 3.62. The predicted octanol–water partition coefficient (Wildman–Crippen LogP) is 13.8. The maximum atomic E-state index is 6.90. The Balaban J connectivity index is 1.05. The van der Waals surface area contributed by atoms with Gasteiger partial charge in [-0.25, -0.2) is 15.0 Å². The van der Waals surface area contributed by atoms with Gasteiger partial charge in [0.05, 0.1) is 5.41 Å². The first-order valence-corrected chi connectivity index (χ1v) is 20.4. The topological polar surface area (TPSA) is 47.9 Å². The molecule has 4 nitrogen and oxygen atoms in total. The number of hydrogen-bond donors (Lipinski definition) is 0. The molecule has 1 spiro atoms. The number of aromatic nitrogens is 3. The lowest BCUT2D eigenvalue weighted by atomic mass is 9.66. The van der Waals surface area contributed by atoms with E-state index in [1.165, 1.54) is 33.4 Å². The normalized spacial score (nSPS) is 12.9. The van der Waals surface area contributed by atoms with Crippen molar-refractivity contribution >= 4 is 10.8 Å². The van der Waals surface area contributed by atoms with Gasteiger partial charge in [0.15, 0.2) is 17.5 Å². The van der Waals surface area contributed by atoms with Crippen molar-refractivity contribution in [3.63, 3.8) is 0 Å². The van der Waals surface area contributed by atoms with Gasteiger partial charge < -0.3 is 4.74 Å². The summed E-state index contributed by atoms with van der Waals surface area (Å²) in [6, 6.07) is 74.8. The Labute approximate surface area is 348 Å². The summed E-state index contributed by atoms with van der Waals surface area (Å²) in [5.41, 5.74) is 13.9. The second-order valence-electron chi connectivity index (χ2n) is 15.4. The van der Waals surface area contributed by atoms with E-state index in [1.807, 2.05) is 18.2 Å². The predicted molar refractivity (Wildman–Crippen MR) is 242 cm³/mol. The molecule has 60 heavy (non-hydrogen) atoms. The molecule has 4 heteroatoms. The minimum absolute atomic E-state index is 0.526. The lowest BCUT2D eigenvalue weighted by Gasteiger charge is -2.39. The molecule has 1 aliphatic carbocycles. The zero-order valence-corrected chi connectivity index (χ0v) is 32.5. The molecule has 12 rings (SSSR count). The average molecular weight is 766 g/mol. The van der Waals surface area contributed by atoms with Crippen LogP contribution in [0, 0.1) is 0 Å². The third kappa shape index (κ3) is 5.14. The molecule has 2 aliphatic rings. The van der Waals surface area contributed by atoms with E-state index in [0.717, 1.165) is 61.2 Å². The van der Waals surface area contributed by atoms with Crippen LogP contribution in [0.5, 0.6) is 11.5 Å². The van der Waals surface area contributed by atoms with Crippen LogP contribution in [0.4, 0.5) is 0 Å². The highest BCUT2D eigenvalue weighted by Gasteiger charge is 2.50. The van der Waals surface area contributed by atoms with Crippen LogP contribution in [0.25, 0.3) is 78.3 Å². The maximum absolute atomic E-state index is 6.90. The van der Waals surface area contributed by atoms with Gasteiger partial charge in [-0.15, -0.1) is 0 Å². The van der Waals surface area contributed by atoms with Crippen molar-refractivity contribution in [2.75, 3.05) is 0 Å². The first-order chi connectivity index (χ1) is 29.8. The smallest absolute Gasteiger partial charge is 0.164 e. The fraction of sp³-hybridized carbons (Fsp3) is 0.0179. The van der Waals surface area contributed by atoms with Crippen LogP contribution < -0.4 is 4.74 Å². The molecule has 9 aromatic carbocycles. The first kappa shape index (κ1) is 34.1. The number of fused-ring (bicyclic) bond motifs is 10. The fourth-order valence-electron chi connectivity index (χ4n) is 9.66. The highest BCUT2D eigenvalue weighted by Crippen LogP contribution is 2.62. The summed E-state index contributed by atoms with van der Waals surface area (Å²) in [6.45, 7) is 0. The standard InChI is InChI=1S/C56H35N3O/c1-3-17-36(18-4-1)40-32-33-46(42-23-9-8-22-41(40)42)55-58-53(37-19-5-2-6-20-37)57-54(59-55)45-26-10-7-21-39(45)38-31-34-50-52(35-38)60-51-30-16-15-29-49(51)56(50)47-27-13-11-24-43(47)44-25-12-14-28-48(44)56/h1-35H. The van der Waals surface area contributed by atoms with Crippen LogP contribution in [-0.2, 0) is 5.41 Å². The van der Waals surface area contributed by atoms with Crippen molar-refractivity contribution in [2.45, 2.75) is 5.41 Å². The molecule has 0 fully saturated rings. The first-order valence-electron chi connectivity index (χ1n) is 20.4. The molecule has 0 N–H and O–H groups in total. The van der Waals surface area contributed by atoms with Gasteiger partial charge in [0.1, 0.15) is 11.5 Å². The maximum Gasteiger partial charge on any atom is 0.164 e. The Bertz CT molecular complexity index is 3260. The molecular formula is C56H35N3O. The minimum atomic E-state index is -0.526. The summed E-state index contributed by atoms with van der Waals surface area (Å²) in [4.78, 5) is 15.7. The second-order valence-corrected chi connectivity index (χ2v) is 15.4. The highest BCUT2D eigenvalue weighted by molar-refractivity contribution is 6.04. The summed E-state index contributed by atoms with van der Waals surface area (Å²) in [5, 5.41) is 2.23. The van der Waals surface area contributed by atoms with E-state index in [-0.39, 0.29) is 0 Å². The van der Waals surface area contributed by atoms with Crippen molar-refractivity contribution in [3.8, 4) is 79.0 Å². The zero-order valence-electron chi connectivity index (χ0n) is 32.5. The molecule has 0 bridgehead atoms. The molecule has 0 saturated carbocycles. The largest absolute Gasteiger partial charge is 0.457 e. The van der Waals surface area contributed by atoms with Gasteiger partial charge in [0.2, 0.25) is 0 Å². The number of hydrogen-bond acceptors (Lipinski definition) is 4. The summed E-state index contributed by atoms with van der Waals surface area (Å²) in [6.07, 6.45) is 0. The summed E-state index contributed by atoms with van der Waals surface area (Å²) in [7, 11) is 0. The fourth-order valence-corrected chi connectivity index (χ4v) is 9.66. The SMILES string of the molecule is c1ccc(-c2nc(-c3ccccc3-c3ccc4c(c3)Oc3ccccc3C43c4ccccc4-c4ccccc43)nc(-c3ccc(-c4ccccc4)c4ccccc34)n2)cc1. The van der Waals surface area contributed by atoms with Crippen molar-refractivity contribution in [2.24, 2.45) is 0 Å². The third-order valence-corrected chi connectivity index (χ3v) is 12.2. The van der Waals surface area contributed by atoms with Crippen molar-refractivity contribution in [1.29, 1.82) is 0 Å². The van der Waals surface area contributed by atoms with E-state index in [2.05, 4.69) is 194 Å². The van der Waals surface area contributed by atoms with Gasteiger partial charge in [-0.2, -0.15) is 0 Å². The Hall–Kier alpha value is -7.95. The molecule has 0 unspecified atom stereocenters. The summed E-state index contributed by atoms with van der Waals surface area (Å²) >= 11 is 0. The Kier molecular flexibility index (Phi) is 7.72. The van der Waals surface area contributed by atoms with Crippen LogP contribution in [0.2, 0.25) is 0 Å². The van der Waals surface area contributed by atoms with Crippen LogP contribution in [0.15, 0.2) is 212 Å². The number of nitrogens with zero attached hydrogens (tertiary/aromatic N) is 3. The van der Waals surface area contributed by atoms with Gasteiger partial charge in [-0.3, -0.25) is 0 Å². The Morgan fingerprint density at radius 2 is 0.767 bits per heavy atom. The molecule has 10 aromatic rings. The van der Waals surface area contributed by atoms with Crippen LogP contribution >= 0.6 is 0 Å². The molecule has 2 heterocycles. The molecule has 1 aliphatic heterocycles. The Morgan fingerprint density at radius 3 is 1.47 bits per heavy atom. The highest BCUT2D eigenvalue weighted by atomic mass is 16.5. The van der Waals surface area contributed by atoms with Gasteiger partial charge in [0.25, 0.3) is 0 Å². The molecule has 280 valence electrons. The summed E-state index contributed by atoms with van der Waals surface area (Å²) < 4.78 is 6.90. The molecule has 0 radical (unpaired) electrons. The van der Waals surface area contributed by atoms with E-state index in [1.54, 1.807) is 0 Å². The van der Waals surface area contributed by atoms with Gasteiger partial charge in [-0.05, 0) is 73.5 Å². The van der Waals surface area contributed by atoms with Crippen LogP contribution in [0.3, 0.4) is 0 Å². The lowest BCUT2D eigenvalue weighted by Crippen LogP contribution is -2.32. The lowest BCUT2D eigenvalue weighted by molar-refractivity contribution is 0.436. The Morgan fingerprint density at radius 1 is 0.283 bits per heavy atom. The van der Waals surface area contributed by atoms with E-state index in [9.17, 15) is 0 Å². The molecule has 0 atom stereocenters. The van der Waals surface area contributed by atoms with E-state index < -0.39 is 5.41 Å². The van der Waals surface area contributed by atoms with Gasteiger partial charge in [-0.1, -0.05) is 194 Å². The van der Waals surface area contributed by atoms with Crippen LogP contribution in [-0.4, -0.2) is 15.0 Å². The molecule has 0 amide bonds. The molecule has 1 aromatic heterocycles. The van der Waals surface area contributed by atoms with E-state index in [0.29, 0.717) is 17.5 Å². The minimum Gasteiger partial charge on any atom is -0.457 e. The van der Waals surface area contributed by atoms with Crippen molar-refractivity contribution in [1.82, 2.24) is 15.0 Å². The second kappa shape index (κ2) is 13.6.